The number of hydrogen-bond donors (Lipinski definition) is 2. The van der Waals surface area contributed by atoms with Crippen LogP contribution in [0.4, 0.5) is 0 Å². The molecule has 0 bridgehead atoms. The second-order valence-electron chi connectivity index (χ2n) is 6.35. The normalized spacial score (nSPS) is 15.7. The predicted octanol–water partition coefficient (Wildman–Crippen LogP) is 2.53. The monoisotopic (exact) mass is 380 g/mol. The Labute approximate surface area is 161 Å². The van der Waals surface area contributed by atoms with Gasteiger partial charge in [-0.05, 0) is 43.9 Å². The molecule has 1 aromatic carbocycles. The minimum absolute atomic E-state index is 0.127. The Kier molecular flexibility index (Phi) is 8.54. The first kappa shape index (κ1) is 20.4. The molecule has 0 aliphatic carbocycles. The van der Waals surface area contributed by atoms with Gasteiger partial charge in [0.15, 0.2) is 5.96 Å². The summed E-state index contributed by atoms with van der Waals surface area (Å²) in [6, 6.07) is 7.38. The van der Waals surface area contributed by atoms with Gasteiger partial charge in [0.25, 0.3) is 0 Å². The fraction of sp³-hybridized carbons (Fsp3) is 0.579. The van der Waals surface area contributed by atoms with Gasteiger partial charge >= 0.3 is 0 Å². The van der Waals surface area contributed by atoms with E-state index in [0.717, 1.165) is 44.2 Å². The Morgan fingerprint density at radius 2 is 2.15 bits per heavy atom. The minimum Gasteiger partial charge on any atom is -0.492 e. The molecule has 1 aromatic rings. The molecular weight excluding hydrogens is 352 g/mol. The van der Waals surface area contributed by atoms with Gasteiger partial charge in [-0.3, -0.25) is 4.79 Å². The molecule has 26 heavy (non-hydrogen) atoms. The third kappa shape index (κ3) is 6.75. The van der Waals surface area contributed by atoms with Crippen molar-refractivity contribution >= 4 is 23.5 Å². The summed E-state index contributed by atoms with van der Waals surface area (Å²) < 4.78 is 5.69. The Hall–Kier alpha value is -1.95. The van der Waals surface area contributed by atoms with Crippen molar-refractivity contribution in [3.63, 3.8) is 0 Å². The molecule has 6 nitrogen and oxygen atoms in total. The Morgan fingerprint density at radius 1 is 1.38 bits per heavy atom. The molecule has 0 radical (unpaired) electrons. The second-order valence-corrected chi connectivity index (χ2v) is 6.79. The van der Waals surface area contributed by atoms with E-state index in [0.29, 0.717) is 30.5 Å². The van der Waals surface area contributed by atoms with Crippen LogP contribution in [0.25, 0.3) is 0 Å². The first-order chi connectivity index (χ1) is 12.6. The lowest BCUT2D eigenvalue weighted by molar-refractivity contribution is -0.121. The molecule has 1 saturated heterocycles. The first-order valence-corrected chi connectivity index (χ1v) is 9.62. The molecule has 1 aliphatic heterocycles. The minimum atomic E-state index is 0.127. The fourth-order valence-electron chi connectivity index (χ4n) is 3.01. The van der Waals surface area contributed by atoms with Gasteiger partial charge in [-0.25, -0.2) is 4.99 Å². The van der Waals surface area contributed by atoms with Crippen molar-refractivity contribution < 1.29 is 9.53 Å². The van der Waals surface area contributed by atoms with Crippen LogP contribution in [0, 0.1) is 5.92 Å². The van der Waals surface area contributed by atoms with Gasteiger partial charge in [0.2, 0.25) is 5.91 Å². The summed E-state index contributed by atoms with van der Waals surface area (Å²) in [5.74, 6) is 2.26. The lowest BCUT2D eigenvalue weighted by Crippen LogP contribution is -2.46. The highest BCUT2D eigenvalue weighted by Crippen LogP contribution is 2.20. The molecule has 2 rings (SSSR count). The number of aliphatic imine (C=N–C) groups is 1. The van der Waals surface area contributed by atoms with Crippen LogP contribution < -0.4 is 15.4 Å². The maximum Gasteiger partial charge on any atom is 0.220 e. The zero-order valence-electron chi connectivity index (χ0n) is 15.6. The number of ether oxygens (including phenoxy) is 1. The van der Waals surface area contributed by atoms with Gasteiger partial charge in [-0.2, -0.15) is 0 Å². The van der Waals surface area contributed by atoms with E-state index >= 15 is 0 Å². The number of likely N-dealkylation sites (tertiary alicyclic amines) is 1. The molecular formula is C19H29ClN4O2. The van der Waals surface area contributed by atoms with E-state index in [-0.39, 0.29) is 5.91 Å². The first-order valence-electron chi connectivity index (χ1n) is 9.24. The number of carbonyl (C=O) groups is 1. The molecule has 2 N–H and O–H groups in total. The predicted molar refractivity (Wildman–Crippen MR) is 106 cm³/mol. The average molecular weight is 381 g/mol. The van der Waals surface area contributed by atoms with Crippen LogP contribution in [0.15, 0.2) is 29.3 Å². The molecule has 1 fully saturated rings. The number of piperidine rings is 1. The standard InChI is InChI=1S/C19H29ClN4O2/c1-3-22-19(23-9-12-26-17-6-4-5-16(20)14-17)24-10-7-15(8-11-24)13-18(25)21-2/h4-6,14-15H,3,7-13H2,1-2H3,(H,21,25)(H,22,23). The molecule has 0 saturated carbocycles. The Balaban J connectivity index is 1.80. The van der Waals surface area contributed by atoms with E-state index < -0.39 is 0 Å². The van der Waals surface area contributed by atoms with Gasteiger partial charge in [0, 0.05) is 38.1 Å². The van der Waals surface area contributed by atoms with Gasteiger partial charge in [0.05, 0.1) is 6.54 Å². The Bertz CT molecular complexity index is 601. The summed E-state index contributed by atoms with van der Waals surface area (Å²) in [5, 5.41) is 6.72. The molecule has 144 valence electrons. The third-order valence-electron chi connectivity index (χ3n) is 4.42. The van der Waals surface area contributed by atoms with E-state index in [1.54, 1.807) is 13.1 Å². The third-order valence-corrected chi connectivity index (χ3v) is 4.65. The molecule has 7 heteroatoms. The highest BCUT2D eigenvalue weighted by molar-refractivity contribution is 6.30. The van der Waals surface area contributed by atoms with Crippen molar-refractivity contribution in [3.8, 4) is 5.75 Å². The summed E-state index contributed by atoms with van der Waals surface area (Å²) in [4.78, 5) is 18.5. The van der Waals surface area contributed by atoms with Crippen LogP contribution in [0.2, 0.25) is 5.02 Å². The second kappa shape index (κ2) is 10.9. The van der Waals surface area contributed by atoms with Gasteiger partial charge in [-0.1, -0.05) is 17.7 Å². The molecule has 0 atom stereocenters. The number of nitrogens with one attached hydrogen (secondary N) is 2. The van der Waals surface area contributed by atoms with Crippen molar-refractivity contribution in [2.75, 3.05) is 39.8 Å². The number of carbonyl (C=O) groups excluding carboxylic acids is 1. The highest BCUT2D eigenvalue weighted by atomic mass is 35.5. The van der Waals surface area contributed by atoms with Crippen molar-refractivity contribution in [1.29, 1.82) is 0 Å². The van der Waals surface area contributed by atoms with Gasteiger partial charge in [-0.15, -0.1) is 0 Å². The number of guanidine groups is 1. The van der Waals surface area contributed by atoms with E-state index in [1.807, 2.05) is 18.2 Å². The van der Waals surface area contributed by atoms with Crippen LogP contribution >= 0.6 is 11.6 Å². The SMILES string of the molecule is CCNC(=NCCOc1cccc(Cl)c1)N1CCC(CC(=O)NC)CC1. The van der Waals surface area contributed by atoms with Crippen LogP contribution in [0.3, 0.4) is 0 Å². The lowest BCUT2D eigenvalue weighted by atomic mass is 9.93. The topological polar surface area (TPSA) is 66.0 Å². The lowest BCUT2D eigenvalue weighted by Gasteiger charge is -2.34. The van der Waals surface area contributed by atoms with Crippen LogP contribution in [-0.4, -0.2) is 56.6 Å². The van der Waals surface area contributed by atoms with Gasteiger partial charge < -0.3 is 20.3 Å². The molecule has 0 unspecified atom stereocenters. The van der Waals surface area contributed by atoms with Crippen LogP contribution in [-0.2, 0) is 4.79 Å². The summed E-state index contributed by atoms with van der Waals surface area (Å²) in [5.41, 5.74) is 0. The summed E-state index contributed by atoms with van der Waals surface area (Å²) >= 11 is 5.95. The highest BCUT2D eigenvalue weighted by Gasteiger charge is 2.22. The van der Waals surface area contributed by atoms with Crippen molar-refractivity contribution in [2.24, 2.45) is 10.9 Å². The number of hydrogen-bond acceptors (Lipinski definition) is 3. The van der Waals surface area contributed by atoms with Crippen LogP contribution in [0.1, 0.15) is 26.2 Å². The largest absolute Gasteiger partial charge is 0.492 e. The fourth-order valence-corrected chi connectivity index (χ4v) is 3.19. The molecule has 0 aromatic heterocycles. The van der Waals surface area contributed by atoms with Gasteiger partial charge in [0.1, 0.15) is 12.4 Å². The summed E-state index contributed by atoms with van der Waals surface area (Å²) in [6.07, 6.45) is 2.64. The summed E-state index contributed by atoms with van der Waals surface area (Å²) in [6.45, 7) is 5.81. The Morgan fingerprint density at radius 3 is 2.81 bits per heavy atom. The van der Waals surface area contributed by atoms with Crippen molar-refractivity contribution in [1.82, 2.24) is 15.5 Å². The van der Waals surface area contributed by atoms with Crippen LogP contribution in [0.5, 0.6) is 5.75 Å². The molecule has 0 spiro atoms. The summed E-state index contributed by atoms with van der Waals surface area (Å²) in [7, 11) is 1.69. The van der Waals surface area contributed by atoms with Crippen molar-refractivity contribution in [3.05, 3.63) is 29.3 Å². The maximum absolute atomic E-state index is 11.5. The van der Waals surface area contributed by atoms with E-state index in [2.05, 4.69) is 27.4 Å². The van der Waals surface area contributed by atoms with E-state index in [9.17, 15) is 4.79 Å². The zero-order chi connectivity index (χ0) is 18.8. The average Bonchev–Trinajstić information content (AvgIpc) is 2.65. The molecule has 1 amide bonds. The maximum atomic E-state index is 11.5. The number of nitrogens with zero attached hydrogens (tertiary/aromatic N) is 2. The number of halogens is 1. The number of amides is 1. The zero-order valence-corrected chi connectivity index (χ0v) is 16.4. The number of benzene rings is 1. The van der Waals surface area contributed by atoms with E-state index in [1.165, 1.54) is 0 Å². The molecule has 1 aliphatic rings. The smallest absolute Gasteiger partial charge is 0.220 e. The van der Waals surface area contributed by atoms with E-state index in [4.69, 9.17) is 16.3 Å². The number of rotatable bonds is 7. The quantitative estimate of drug-likeness (QED) is 0.433. The molecule has 1 heterocycles. The van der Waals surface area contributed by atoms with Crippen molar-refractivity contribution in [2.45, 2.75) is 26.2 Å².